The Morgan fingerprint density at radius 1 is 1.69 bits per heavy atom. The lowest BCUT2D eigenvalue weighted by Gasteiger charge is -2.20. The highest BCUT2D eigenvalue weighted by Gasteiger charge is 2.26. The van der Waals surface area contributed by atoms with Crippen molar-refractivity contribution >= 4 is 28.5 Å². The lowest BCUT2D eigenvalue weighted by Crippen LogP contribution is -2.30. The second-order valence-corrected chi connectivity index (χ2v) is 4.41. The highest BCUT2D eigenvalue weighted by molar-refractivity contribution is 14.1. The Labute approximate surface area is 90.8 Å². The predicted molar refractivity (Wildman–Crippen MR) is 59.6 cm³/mol. The minimum Gasteiger partial charge on any atom is -0.508 e. The Hall–Kier alpha value is -0.520. The third kappa shape index (κ3) is 2.24. The molecule has 4 heteroatoms. The number of nitrogens with two attached hydrogens (primary N) is 1. The Bertz CT molecular complexity index is 283. The summed E-state index contributed by atoms with van der Waals surface area (Å²) in [5, 5.41) is 9.49. The fourth-order valence-electron chi connectivity index (χ4n) is 1.29. The maximum Gasteiger partial charge on any atom is 0.225 e. The van der Waals surface area contributed by atoms with E-state index in [1.807, 2.05) is 13.0 Å². The summed E-state index contributed by atoms with van der Waals surface area (Å²) >= 11 is 2.15. The SMILES string of the molecule is CCC1=CC(I)C(C(N)=O)C=C1O. The van der Waals surface area contributed by atoms with Crippen LogP contribution in [0.25, 0.3) is 0 Å². The summed E-state index contributed by atoms with van der Waals surface area (Å²) in [4.78, 5) is 10.9. The predicted octanol–water partition coefficient (Wildman–Crippen LogP) is 1.68. The van der Waals surface area contributed by atoms with E-state index >= 15 is 0 Å². The van der Waals surface area contributed by atoms with Gasteiger partial charge in [-0.3, -0.25) is 4.79 Å². The van der Waals surface area contributed by atoms with Crippen molar-refractivity contribution in [2.24, 2.45) is 11.7 Å². The number of carbonyl (C=O) groups is 1. The normalized spacial score (nSPS) is 27.8. The van der Waals surface area contributed by atoms with Gasteiger partial charge < -0.3 is 10.8 Å². The van der Waals surface area contributed by atoms with Crippen LogP contribution in [0.3, 0.4) is 0 Å². The molecule has 0 saturated heterocycles. The zero-order valence-electron chi connectivity index (χ0n) is 7.33. The van der Waals surface area contributed by atoms with Crippen molar-refractivity contribution < 1.29 is 9.90 Å². The summed E-state index contributed by atoms with van der Waals surface area (Å²) in [5.41, 5.74) is 6.06. The number of allylic oxidation sites excluding steroid dienone is 2. The van der Waals surface area contributed by atoms with Gasteiger partial charge in [0, 0.05) is 3.92 Å². The number of hydrogen-bond acceptors (Lipinski definition) is 2. The van der Waals surface area contributed by atoms with Crippen LogP contribution in [0.5, 0.6) is 0 Å². The van der Waals surface area contributed by atoms with Crippen LogP contribution in [-0.4, -0.2) is 14.9 Å². The van der Waals surface area contributed by atoms with Gasteiger partial charge in [0.2, 0.25) is 5.91 Å². The molecule has 1 amide bonds. The third-order valence-corrected chi connectivity index (χ3v) is 3.21. The number of hydrogen-bond donors (Lipinski definition) is 2. The van der Waals surface area contributed by atoms with Gasteiger partial charge in [0.25, 0.3) is 0 Å². The second-order valence-electron chi connectivity index (χ2n) is 2.97. The van der Waals surface area contributed by atoms with Crippen LogP contribution in [0.4, 0.5) is 0 Å². The molecule has 0 fully saturated rings. The van der Waals surface area contributed by atoms with Crippen LogP contribution in [0, 0.1) is 5.92 Å². The summed E-state index contributed by atoms with van der Waals surface area (Å²) in [6, 6.07) is 0. The van der Waals surface area contributed by atoms with E-state index < -0.39 is 5.91 Å². The lowest BCUT2D eigenvalue weighted by molar-refractivity contribution is -0.120. The van der Waals surface area contributed by atoms with Crippen molar-refractivity contribution in [3.8, 4) is 0 Å². The van der Waals surface area contributed by atoms with E-state index in [4.69, 9.17) is 5.73 Å². The maximum atomic E-state index is 10.9. The summed E-state index contributed by atoms with van der Waals surface area (Å²) in [6.07, 6.45) is 4.21. The van der Waals surface area contributed by atoms with Crippen LogP contribution in [0.15, 0.2) is 23.5 Å². The van der Waals surface area contributed by atoms with Gasteiger partial charge in [-0.25, -0.2) is 0 Å². The second kappa shape index (κ2) is 4.13. The van der Waals surface area contributed by atoms with Crippen molar-refractivity contribution in [2.75, 3.05) is 0 Å². The monoisotopic (exact) mass is 293 g/mol. The molecule has 0 aromatic heterocycles. The number of rotatable bonds is 2. The number of carbonyl (C=O) groups excluding carboxylic acids is 1. The molecule has 2 unspecified atom stereocenters. The van der Waals surface area contributed by atoms with Gasteiger partial charge in [-0.15, -0.1) is 0 Å². The third-order valence-electron chi connectivity index (χ3n) is 2.08. The number of amides is 1. The molecule has 1 aliphatic rings. The lowest BCUT2D eigenvalue weighted by atomic mass is 9.94. The molecule has 0 saturated carbocycles. The van der Waals surface area contributed by atoms with E-state index in [0.29, 0.717) is 0 Å². The summed E-state index contributed by atoms with van der Waals surface area (Å²) in [5.74, 6) is -0.576. The van der Waals surface area contributed by atoms with Crippen LogP contribution >= 0.6 is 22.6 Å². The molecule has 0 bridgehead atoms. The number of alkyl halides is 1. The average molecular weight is 293 g/mol. The molecular weight excluding hydrogens is 281 g/mol. The van der Waals surface area contributed by atoms with E-state index in [0.717, 1.165) is 12.0 Å². The van der Waals surface area contributed by atoms with Crippen LogP contribution in [-0.2, 0) is 4.79 Å². The Morgan fingerprint density at radius 3 is 2.77 bits per heavy atom. The van der Waals surface area contributed by atoms with Gasteiger partial charge in [-0.05, 0) is 18.1 Å². The van der Waals surface area contributed by atoms with Crippen LogP contribution in [0.1, 0.15) is 13.3 Å². The van der Waals surface area contributed by atoms with E-state index in [9.17, 15) is 9.90 Å². The molecular formula is C9H12INO2. The first-order valence-corrected chi connectivity index (χ1v) is 5.36. The molecule has 0 aliphatic heterocycles. The van der Waals surface area contributed by atoms with Gasteiger partial charge in [0.05, 0.1) is 5.92 Å². The van der Waals surface area contributed by atoms with Gasteiger partial charge >= 0.3 is 0 Å². The molecule has 3 N–H and O–H groups in total. The maximum absolute atomic E-state index is 10.9. The minimum absolute atomic E-state index is 0.0564. The van der Waals surface area contributed by atoms with Crippen LogP contribution in [0.2, 0.25) is 0 Å². The van der Waals surface area contributed by atoms with Gasteiger partial charge in [0.1, 0.15) is 5.76 Å². The summed E-state index contributed by atoms with van der Waals surface area (Å²) < 4.78 is 0.0564. The van der Waals surface area contributed by atoms with Crippen molar-refractivity contribution in [1.29, 1.82) is 0 Å². The summed E-state index contributed by atoms with van der Waals surface area (Å²) in [6.45, 7) is 1.96. The molecule has 72 valence electrons. The highest BCUT2D eigenvalue weighted by Crippen LogP contribution is 2.28. The largest absolute Gasteiger partial charge is 0.508 e. The van der Waals surface area contributed by atoms with Crippen LogP contribution < -0.4 is 5.73 Å². The molecule has 13 heavy (non-hydrogen) atoms. The van der Waals surface area contributed by atoms with E-state index in [2.05, 4.69) is 22.6 Å². The first-order chi connectivity index (χ1) is 6.06. The molecule has 0 heterocycles. The van der Waals surface area contributed by atoms with E-state index in [-0.39, 0.29) is 15.6 Å². The number of halogens is 1. The molecule has 3 nitrogen and oxygen atoms in total. The molecule has 1 rings (SSSR count). The zero-order chi connectivity index (χ0) is 10.0. The molecule has 2 atom stereocenters. The average Bonchev–Trinajstić information content (AvgIpc) is 2.07. The zero-order valence-corrected chi connectivity index (χ0v) is 9.48. The van der Waals surface area contributed by atoms with Gasteiger partial charge in [-0.1, -0.05) is 35.6 Å². The van der Waals surface area contributed by atoms with Crippen molar-refractivity contribution in [1.82, 2.24) is 0 Å². The Balaban J connectivity index is 2.91. The van der Waals surface area contributed by atoms with Crippen molar-refractivity contribution in [3.05, 3.63) is 23.5 Å². The van der Waals surface area contributed by atoms with Crippen molar-refractivity contribution in [2.45, 2.75) is 17.3 Å². The number of aliphatic hydroxyl groups excluding tert-OH is 1. The van der Waals surface area contributed by atoms with E-state index in [1.165, 1.54) is 6.08 Å². The fraction of sp³-hybridized carbons (Fsp3) is 0.444. The smallest absolute Gasteiger partial charge is 0.225 e. The molecule has 0 spiro atoms. The first kappa shape index (κ1) is 10.6. The highest BCUT2D eigenvalue weighted by atomic mass is 127. The first-order valence-electron chi connectivity index (χ1n) is 4.11. The topological polar surface area (TPSA) is 63.3 Å². The summed E-state index contributed by atoms with van der Waals surface area (Å²) in [7, 11) is 0. The number of aliphatic hydroxyl groups is 1. The Morgan fingerprint density at radius 2 is 2.31 bits per heavy atom. The van der Waals surface area contributed by atoms with Crippen molar-refractivity contribution in [3.63, 3.8) is 0 Å². The molecule has 0 radical (unpaired) electrons. The standard InChI is InChI=1S/C9H12INO2/c1-2-5-3-7(10)6(9(11)13)4-8(5)12/h3-4,6-7,12H,2H2,1H3,(H2,11,13). The van der Waals surface area contributed by atoms with E-state index in [1.54, 1.807) is 0 Å². The Kier molecular flexibility index (Phi) is 3.35. The molecule has 0 aromatic carbocycles. The molecule has 1 aliphatic carbocycles. The fourth-order valence-corrected chi connectivity index (χ4v) is 2.28. The van der Waals surface area contributed by atoms with Gasteiger partial charge in [-0.2, -0.15) is 0 Å². The number of primary amides is 1. The quantitative estimate of drug-likeness (QED) is 0.601. The van der Waals surface area contributed by atoms with Gasteiger partial charge in [0.15, 0.2) is 0 Å². The minimum atomic E-state index is -0.391. The molecule has 0 aromatic rings.